The Morgan fingerprint density at radius 1 is 1.34 bits per heavy atom. The van der Waals surface area contributed by atoms with Gasteiger partial charge in [-0.25, -0.2) is 17.2 Å². The topological polar surface area (TPSA) is 73.6 Å². The second-order valence-corrected chi connectivity index (χ2v) is 8.84. The van der Waals surface area contributed by atoms with Crippen molar-refractivity contribution >= 4 is 21.6 Å². The predicted molar refractivity (Wildman–Crippen MR) is 103 cm³/mol. The third-order valence-electron chi connectivity index (χ3n) is 4.78. The molecule has 1 unspecified atom stereocenters. The summed E-state index contributed by atoms with van der Waals surface area (Å²) in [5.74, 6) is -2.10. The number of ether oxygens (including phenoxy) is 1. The number of likely N-dealkylation sites (tertiary alicyclic amines) is 1. The maximum atomic E-state index is 14.3. The van der Waals surface area contributed by atoms with Gasteiger partial charge in [0.25, 0.3) is 0 Å². The smallest absolute Gasteiger partial charge is 0.247 e. The molecule has 1 atom stereocenters. The van der Waals surface area contributed by atoms with Gasteiger partial charge in [0.05, 0.1) is 7.11 Å². The molecule has 154 valence electrons. The van der Waals surface area contributed by atoms with Gasteiger partial charge in [-0.2, -0.15) is 9.57 Å². The summed E-state index contributed by atoms with van der Waals surface area (Å²) >= 11 is 6.00. The molecule has 0 amide bonds. The molecule has 2 aromatic carbocycles. The van der Waals surface area contributed by atoms with E-state index in [1.807, 2.05) is 6.19 Å². The molecule has 1 saturated heterocycles. The molecule has 10 heteroatoms. The number of benzene rings is 2. The van der Waals surface area contributed by atoms with E-state index in [-0.39, 0.29) is 27.8 Å². The second kappa shape index (κ2) is 8.53. The Bertz CT molecular complexity index is 1060. The third kappa shape index (κ3) is 4.29. The molecule has 0 N–H and O–H groups in total. The summed E-state index contributed by atoms with van der Waals surface area (Å²) in [6.45, 7) is 0.118. The van der Waals surface area contributed by atoms with Crippen LogP contribution < -0.4 is 4.74 Å². The van der Waals surface area contributed by atoms with Crippen LogP contribution in [0.1, 0.15) is 12.0 Å². The number of methoxy groups -OCH3 is 1. The minimum absolute atomic E-state index is 0.0780. The van der Waals surface area contributed by atoms with Crippen LogP contribution >= 0.6 is 11.6 Å². The molecule has 0 radical (unpaired) electrons. The van der Waals surface area contributed by atoms with E-state index < -0.39 is 34.2 Å². The van der Waals surface area contributed by atoms with Crippen LogP contribution in [0.4, 0.5) is 8.78 Å². The molecule has 0 saturated carbocycles. The van der Waals surface area contributed by atoms with Crippen molar-refractivity contribution in [3.63, 3.8) is 0 Å². The summed E-state index contributed by atoms with van der Waals surface area (Å²) in [5.41, 5.74) is -0.107. The summed E-state index contributed by atoms with van der Waals surface area (Å²) in [4.78, 5) is 1.24. The summed E-state index contributed by atoms with van der Waals surface area (Å²) in [6.07, 6.45) is 2.36. The molecule has 29 heavy (non-hydrogen) atoms. The number of nitriles is 1. The molecule has 1 aliphatic rings. The highest BCUT2D eigenvalue weighted by Gasteiger charge is 2.38. The lowest BCUT2D eigenvalue weighted by molar-refractivity contribution is 0.307. The molecule has 0 spiro atoms. The Morgan fingerprint density at radius 3 is 2.76 bits per heavy atom. The van der Waals surface area contributed by atoms with Crippen LogP contribution in [0.5, 0.6) is 5.75 Å². The van der Waals surface area contributed by atoms with E-state index in [1.165, 1.54) is 42.3 Å². The van der Waals surface area contributed by atoms with Gasteiger partial charge in [-0.05, 0) is 30.7 Å². The van der Waals surface area contributed by atoms with E-state index in [0.29, 0.717) is 13.0 Å². The zero-order valence-corrected chi connectivity index (χ0v) is 17.1. The van der Waals surface area contributed by atoms with Gasteiger partial charge in [0.1, 0.15) is 10.6 Å². The van der Waals surface area contributed by atoms with Crippen LogP contribution in [0.3, 0.4) is 0 Å². The summed E-state index contributed by atoms with van der Waals surface area (Å²) in [7, 11) is -2.89. The van der Waals surface area contributed by atoms with Crippen LogP contribution in [0.15, 0.2) is 41.3 Å². The molecule has 1 fully saturated rings. The first-order chi connectivity index (χ1) is 13.8. The summed E-state index contributed by atoms with van der Waals surface area (Å²) in [5, 5.41) is 9.32. The normalized spacial score (nSPS) is 16.8. The second-order valence-electron chi connectivity index (χ2n) is 6.55. The molecule has 0 bridgehead atoms. The zero-order chi connectivity index (χ0) is 21.2. The Labute approximate surface area is 172 Å². The van der Waals surface area contributed by atoms with E-state index >= 15 is 0 Å². The van der Waals surface area contributed by atoms with Crippen molar-refractivity contribution in [3.8, 4) is 11.9 Å². The van der Waals surface area contributed by atoms with Crippen molar-refractivity contribution in [2.75, 3.05) is 20.2 Å². The average molecular weight is 442 g/mol. The van der Waals surface area contributed by atoms with Crippen LogP contribution in [-0.4, -0.2) is 43.9 Å². The third-order valence-corrected chi connectivity index (χ3v) is 6.94. The van der Waals surface area contributed by atoms with Crippen molar-refractivity contribution in [2.45, 2.75) is 23.9 Å². The first-order valence-corrected chi connectivity index (χ1v) is 10.5. The van der Waals surface area contributed by atoms with Crippen LogP contribution in [0.25, 0.3) is 0 Å². The highest BCUT2D eigenvalue weighted by atomic mass is 35.5. The molecule has 3 rings (SSSR count). The largest absolute Gasteiger partial charge is 0.495 e. The molecule has 0 aromatic heterocycles. The standard InChI is InChI=1S/C19H18ClF2N3O3S/c1-28-17-6-5-14(20)9-18(17)29(26,27)25(15-7-8-24(11-15)12-23)10-13-3-2-4-16(21)19(13)22/h2-6,9,15H,7-8,10-11H2,1H3. The number of hydrogen-bond acceptors (Lipinski definition) is 5. The van der Waals surface area contributed by atoms with Crippen LogP contribution in [0, 0.1) is 23.1 Å². The van der Waals surface area contributed by atoms with Gasteiger partial charge in [0, 0.05) is 36.3 Å². The maximum absolute atomic E-state index is 14.3. The first-order valence-electron chi connectivity index (χ1n) is 8.71. The molecule has 6 nitrogen and oxygen atoms in total. The average Bonchev–Trinajstić information content (AvgIpc) is 3.17. The minimum Gasteiger partial charge on any atom is -0.495 e. The van der Waals surface area contributed by atoms with Crippen molar-refractivity contribution in [3.05, 3.63) is 58.6 Å². The molecule has 1 heterocycles. The van der Waals surface area contributed by atoms with E-state index in [1.54, 1.807) is 0 Å². The SMILES string of the molecule is COc1ccc(Cl)cc1S(=O)(=O)N(Cc1cccc(F)c1F)C1CCN(C#N)C1. The van der Waals surface area contributed by atoms with Crippen molar-refractivity contribution in [2.24, 2.45) is 0 Å². The number of rotatable bonds is 6. The number of hydrogen-bond donors (Lipinski definition) is 0. The van der Waals surface area contributed by atoms with Gasteiger partial charge in [0.15, 0.2) is 17.8 Å². The van der Waals surface area contributed by atoms with Gasteiger partial charge in [-0.3, -0.25) is 0 Å². The lowest BCUT2D eigenvalue weighted by atomic mass is 10.2. The van der Waals surface area contributed by atoms with Crippen molar-refractivity contribution in [1.82, 2.24) is 9.21 Å². The van der Waals surface area contributed by atoms with E-state index in [0.717, 1.165) is 10.4 Å². The Balaban J connectivity index is 2.09. The lowest BCUT2D eigenvalue weighted by Gasteiger charge is -2.28. The number of halogens is 3. The predicted octanol–water partition coefficient (Wildman–Crippen LogP) is 3.37. The quantitative estimate of drug-likeness (QED) is 0.642. The fraction of sp³-hybridized carbons (Fsp3) is 0.316. The maximum Gasteiger partial charge on any atom is 0.247 e. The molecular weight excluding hydrogens is 424 g/mol. The zero-order valence-electron chi connectivity index (χ0n) is 15.5. The highest BCUT2D eigenvalue weighted by molar-refractivity contribution is 7.89. The van der Waals surface area contributed by atoms with Gasteiger partial charge in [0.2, 0.25) is 10.0 Å². The van der Waals surface area contributed by atoms with E-state index in [9.17, 15) is 17.2 Å². The molecular formula is C19H18ClF2N3O3S. The Hall–Kier alpha value is -2.41. The molecule has 0 aliphatic carbocycles. The number of nitrogens with zero attached hydrogens (tertiary/aromatic N) is 3. The fourth-order valence-electron chi connectivity index (χ4n) is 3.29. The van der Waals surface area contributed by atoms with Gasteiger partial charge >= 0.3 is 0 Å². The minimum atomic E-state index is -4.21. The molecule has 1 aliphatic heterocycles. The van der Waals surface area contributed by atoms with Gasteiger partial charge < -0.3 is 9.64 Å². The first kappa shape index (κ1) is 21.3. The van der Waals surface area contributed by atoms with Crippen molar-refractivity contribution < 1.29 is 21.9 Å². The van der Waals surface area contributed by atoms with Crippen molar-refractivity contribution in [1.29, 1.82) is 5.26 Å². The summed E-state index contributed by atoms with van der Waals surface area (Å²) < 4.78 is 61.3. The summed E-state index contributed by atoms with van der Waals surface area (Å²) in [6, 6.07) is 7.16. The fourth-order valence-corrected chi connectivity index (χ4v) is 5.34. The lowest BCUT2D eigenvalue weighted by Crippen LogP contribution is -2.41. The Kier molecular flexibility index (Phi) is 6.27. The number of sulfonamides is 1. The van der Waals surface area contributed by atoms with Gasteiger partial charge in [-0.15, -0.1) is 0 Å². The van der Waals surface area contributed by atoms with Crippen LogP contribution in [0.2, 0.25) is 5.02 Å². The van der Waals surface area contributed by atoms with E-state index in [4.69, 9.17) is 21.6 Å². The monoisotopic (exact) mass is 441 g/mol. The molecule has 2 aromatic rings. The van der Waals surface area contributed by atoms with Crippen LogP contribution in [-0.2, 0) is 16.6 Å². The highest BCUT2D eigenvalue weighted by Crippen LogP contribution is 2.33. The van der Waals surface area contributed by atoms with Gasteiger partial charge in [-0.1, -0.05) is 23.7 Å². The Morgan fingerprint density at radius 2 is 2.10 bits per heavy atom. The van der Waals surface area contributed by atoms with E-state index in [2.05, 4.69) is 0 Å².